The van der Waals surface area contributed by atoms with Crippen LogP contribution in [0.15, 0.2) is 0 Å². The molecule has 14 nitrogen and oxygen atoms in total. The highest BCUT2D eigenvalue weighted by atomic mass is 16.4. The molecule has 0 bridgehead atoms. The summed E-state index contributed by atoms with van der Waals surface area (Å²) in [4.78, 5) is 73.5. The fourth-order valence-corrected chi connectivity index (χ4v) is 5.37. The van der Waals surface area contributed by atoms with Crippen molar-refractivity contribution in [2.45, 2.75) is 160 Å². The number of unbranched alkanes of at least 4 members (excludes halogenated alkanes) is 12. The van der Waals surface area contributed by atoms with Crippen LogP contribution in [0, 0.1) is 0 Å². The van der Waals surface area contributed by atoms with Gasteiger partial charge in [0, 0.05) is 32.4 Å². The number of nitrogens with two attached hydrogens (primary N) is 1. The number of carbonyl (C=O) groups is 6. The third-order valence-corrected chi connectivity index (χ3v) is 8.40. The Balaban J connectivity index is 4.63. The van der Waals surface area contributed by atoms with Crippen molar-refractivity contribution in [2.75, 3.05) is 26.7 Å². The molecule has 4 amide bonds. The minimum atomic E-state index is -1.24. The first kappa shape index (κ1) is 45.7. The van der Waals surface area contributed by atoms with E-state index < -0.39 is 54.2 Å². The van der Waals surface area contributed by atoms with Crippen LogP contribution >= 0.6 is 0 Å². The summed E-state index contributed by atoms with van der Waals surface area (Å²) >= 11 is 0. The van der Waals surface area contributed by atoms with E-state index in [0.29, 0.717) is 51.7 Å². The maximum atomic E-state index is 13.2. The lowest BCUT2D eigenvalue weighted by Crippen LogP contribution is -2.56. The van der Waals surface area contributed by atoms with Crippen molar-refractivity contribution in [3.63, 3.8) is 0 Å². The maximum absolute atomic E-state index is 13.2. The molecule has 0 spiro atoms. The first-order chi connectivity index (χ1) is 23.5. The minimum absolute atomic E-state index is 0.0822. The number of hydrogen-bond acceptors (Lipinski definition) is 8. The van der Waals surface area contributed by atoms with Crippen LogP contribution in [0.2, 0.25) is 0 Å². The minimum Gasteiger partial charge on any atom is -0.481 e. The molecule has 0 aliphatic carbocycles. The van der Waals surface area contributed by atoms with E-state index in [2.05, 4.69) is 33.5 Å². The molecular formula is C35H66N6O8. The molecule has 49 heavy (non-hydrogen) atoms. The Kier molecular flexibility index (Phi) is 28.7. The number of carboxylic acids is 2. The normalized spacial score (nSPS) is 12.8. The van der Waals surface area contributed by atoms with E-state index in [0.717, 1.165) is 32.1 Å². The summed E-state index contributed by atoms with van der Waals surface area (Å²) < 4.78 is 0. The van der Waals surface area contributed by atoms with E-state index in [1.807, 2.05) is 0 Å². The molecule has 3 unspecified atom stereocenters. The van der Waals surface area contributed by atoms with Gasteiger partial charge >= 0.3 is 11.9 Å². The van der Waals surface area contributed by atoms with Gasteiger partial charge in [-0.1, -0.05) is 77.6 Å². The quantitative estimate of drug-likeness (QED) is 0.0467. The number of nitrogens with one attached hydrogen (secondary N) is 5. The smallest absolute Gasteiger partial charge is 0.303 e. The van der Waals surface area contributed by atoms with Crippen molar-refractivity contribution < 1.29 is 39.0 Å². The SMILES string of the molecule is CCCCCCCCCCCC(=O)NCCCCCCNC(=O)C(CCC(=O)O)NC(=O)C(CCC(=O)O)NC(=O)C(CCCCN)NC. The lowest BCUT2D eigenvalue weighted by molar-refractivity contribution is -0.139. The lowest BCUT2D eigenvalue weighted by atomic mass is 10.1. The van der Waals surface area contributed by atoms with Crippen molar-refractivity contribution in [1.29, 1.82) is 0 Å². The Morgan fingerprint density at radius 2 is 1.00 bits per heavy atom. The topological polar surface area (TPSA) is 229 Å². The average Bonchev–Trinajstić information content (AvgIpc) is 3.06. The Hall–Kier alpha value is -3.26. The molecule has 0 aromatic heterocycles. The van der Waals surface area contributed by atoms with Crippen molar-refractivity contribution in [3.8, 4) is 0 Å². The number of hydrogen-bond donors (Lipinski definition) is 8. The molecule has 0 aliphatic rings. The Morgan fingerprint density at radius 3 is 1.51 bits per heavy atom. The second-order valence-electron chi connectivity index (χ2n) is 12.7. The van der Waals surface area contributed by atoms with Gasteiger partial charge in [-0.05, 0) is 58.5 Å². The van der Waals surface area contributed by atoms with Gasteiger partial charge < -0.3 is 42.5 Å². The molecule has 284 valence electrons. The van der Waals surface area contributed by atoms with Crippen LogP contribution < -0.4 is 32.3 Å². The van der Waals surface area contributed by atoms with Gasteiger partial charge in [-0.25, -0.2) is 0 Å². The van der Waals surface area contributed by atoms with Gasteiger partial charge in [-0.3, -0.25) is 28.8 Å². The molecular weight excluding hydrogens is 632 g/mol. The van der Waals surface area contributed by atoms with Crippen LogP contribution in [-0.2, 0) is 28.8 Å². The monoisotopic (exact) mass is 698 g/mol. The zero-order valence-electron chi connectivity index (χ0n) is 30.1. The van der Waals surface area contributed by atoms with Gasteiger partial charge in [0.25, 0.3) is 0 Å². The summed E-state index contributed by atoms with van der Waals surface area (Å²) in [5.74, 6) is -4.03. The van der Waals surface area contributed by atoms with Crippen LogP contribution in [0.5, 0.6) is 0 Å². The molecule has 0 rings (SSSR count). The molecule has 14 heteroatoms. The van der Waals surface area contributed by atoms with E-state index in [1.54, 1.807) is 7.05 Å². The molecule has 0 saturated carbocycles. The second kappa shape index (κ2) is 30.8. The van der Waals surface area contributed by atoms with Crippen LogP contribution in [0.4, 0.5) is 0 Å². The number of aliphatic carboxylic acids is 2. The van der Waals surface area contributed by atoms with E-state index in [4.69, 9.17) is 10.8 Å². The van der Waals surface area contributed by atoms with Crippen LogP contribution in [-0.4, -0.2) is 90.6 Å². The van der Waals surface area contributed by atoms with Crippen molar-refractivity contribution in [3.05, 3.63) is 0 Å². The largest absolute Gasteiger partial charge is 0.481 e. The summed E-state index contributed by atoms with van der Waals surface area (Å²) in [5.41, 5.74) is 5.53. The Labute approximate surface area is 293 Å². The van der Waals surface area contributed by atoms with E-state index >= 15 is 0 Å². The van der Waals surface area contributed by atoms with E-state index in [9.17, 15) is 33.9 Å². The molecule has 0 aliphatic heterocycles. The van der Waals surface area contributed by atoms with Gasteiger partial charge in [-0.15, -0.1) is 0 Å². The summed E-state index contributed by atoms with van der Waals surface area (Å²) in [6.45, 7) is 3.61. The molecule has 0 fully saturated rings. The molecule has 9 N–H and O–H groups in total. The number of likely N-dealkylation sites (N-methyl/N-ethyl adjacent to an activating group) is 1. The summed E-state index contributed by atoms with van der Waals surface area (Å²) in [5, 5.41) is 32.0. The summed E-state index contributed by atoms with van der Waals surface area (Å²) in [6.07, 6.45) is 15.3. The van der Waals surface area contributed by atoms with Crippen molar-refractivity contribution in [2.24, 2.45) is 5.73 Å². The number of rotatable bonds is 33. The highest BCUT2D eigenvalue weighted by Gasteiger charge is 2.29. The van der Waals surface area contributed by atoms with Crippen LogP contribution in [0.3, 0.4) is 0 Å². The predicted molar refractivity (Wildman–Crippen MR) is 190 cm³/mol. The molecule has 0 aromatic carbocycles. The van der Waals surface area contributed by atoms with Gasteiger partial charge in [0.1, 0.15) is 12.1 Å². The number of carbonyl (C=O) groups excluding carboxylic acids is 4. The first-order valence-electron chi connectivity index (χ1n) is 18.5. The molecule has 3 atom stereocenters. The highest BCUT2D eigenvalue weighted by molar-refractivity contribution is 5.93. The van der Waals surface area contributed by atoms with E-state index in [-0.39, 0.29) is 25.2 Å². The lowest BCUT2D eigenvalue weighted by Gasteiger charge is -2.24. The van der Waals surface area contributed by atoms with Crippen molar-refractivity contribution in [1.82, 2.24) is 26.6 Å². The van der Waals surface area contributed by atoms with Gasteiger partial charge in [0.2, 0.25) is 23.6 Å². The number of carboxylic acid groups (broad SMARTS) is 2. The zero-order valence-corrected chi connectivity index (χ0v) is 30.1. The van der Waals surface area contributed by atoms with Gasteiger partial charge in [-0.2, -0.15) is 0 Å². The Morgan fingerprint density at radius 1 is 0.531 bits per heavy atom. The third-order valence-electron chi connectivity index (χ3n) is 8.40. The number of amides is 4. The summed E-state index contributed by atoms with van der Waals surface area (Å²) in [6, 6.07) is -3.04. The fourth-order valence-electron chi connectivity index (χ4n) is 5.37. The van der Waals surface area contributed by atoms with Crippen LogP contribution in [0.25, 0.3) is 0 Å². The Bertz CT molecular complexity index is 951. The van der Waals surface area contributed by atoms with Gasteiger partial charge in [0.15, 0.2) is 0 Å². The standard InChI is InChI=1S/C35H66N6O8/c1-3-4-5-6-7-8-9-10-13-19-30(42)38-25-16-11-12-17-26-39-33(47)28(20-22-31(43)44)40-35(49)29(21-23-32(45)46)41-34(48)27(37-2)18-14-15-24-36/h27-29,37H,3-26,36H2,1-2H3,(H,38,42)(H,39,47)(H,40,49)(H,41,48)(H,43,44)(H,45,46). The molecule has 0 radical (unpaired) electrons. The molecule has 0 heterocycles. The first-order valence-corrected chi connectivity index (χ1v) is 18.5. The second-order valence-corrected chi connectivity index (χ2v) is 12.7. The predicted octanol–water partition coefficient (Wildman–Crippen LogP) is 3.12. The highest BCUT2D eigenvalue weighted by Crippen LogP contribution is 2.11. The van der Waals surface area contributed by atoms with Crippen LogP contribution in [0.1, 0.15) is 142 Å². The fraction of sp³-hybridized carbons (Fsp3) is 0.829. The van der Waals surface area contributed by atoms with Gasteiger partial charge in [0.05, 0.1) is 6.04 Å². The maximum Gasteiger partial charge on any atom is 0.303 e. The summed E-state index contributed by atoms with van der Waals surface area (Å²) in [7, 11) is 1.60. The van der Waals surface area contributed by atoms with Crippen molar-refractivity contribution >= 4 is 35.6 Å². The molecule has 0 aromatic rings. The third kappa shape index (κ3) is 26.3. The average molecular weight is 699 g/mol. The van der Waals surface area contributed by atoms with E-state index in [1.165, 1.54) is 44.9 Å². The zero-order chi connectivity index (χ0) is 36.7. The molecule has 0 saturated heterocycles.